The van der Waals surface area contributed by atoms with Crippen molar-refractivity contribution in [2.75, 3.05) is 11.1 Å². The summed E-state index contributed by atoms with van der Waals surface area (Å²) < 4.78 is 7.65. The Kier molecular flexibility index (Phi) is 4.97. The number of hydrogen-bond acceptors (Lipinski definition) is 7. The van der Waals surface area contributed by atoms with Gasteiger partial charge in [-0.05, 0) is 36.8 Å². The van der Waals surface area contributed by atoms with Gasteiger partial charge in [-0.2, -0.15) is 5.26 Å². The monoisotopic (exact) mass is 362 g/mol. The van der Waals surface area contributed by atoms with Gasteiger partial charge in [0.15, 0.2) is 12.3 Å². The van der Waals surface area contributed by atoms with Crippen LogP contribution in [0.15, 0.2) is 14.9 Å². The quantitative estimate of drug-likeness (QED) is 0.633. The van der Waals surface area contributed by atoms with E-state index in [-0.39, 0.29) is 16.3 Å². The van der Waals surface area contributed by atoms with Crippen molar-refractivity contribution in [3.05, 3.63) is 27.6 Å². The number of thioether (sulfide) groups is 1. The minimum absolute atomic E-state index is 0.190. The van der Waals surface area contributed by atoms with E-state index in [2.05, 4.69) is 16.7 Å². The fourth-order valence-electron chi connectivity index (χ4n) is 2.67. The van der Waals surface area contributed by atoms with Crippen LogP contribution in [0.3, 0.4) is 0 Å². The summed E-state index contributed by atoms with van der Waals surface area (Å²) in [6.45, 7) is 0. The first-order valence-electron chi connectivity index (χ1n) is 7.47. The second-order valence-corrected chi connectivity index (χ2v) is 7.71. The Balaban J connectivity index is 1.76. The molecule has 2 aromatic heterocycles. The molecule has 2 aromatic rings. The van der Waals surface area contributed by atoms with Crippen LogP contribution in [0.25, 0.3) is 0 Å². The van der Waals surface area contributed by atoms with Gasteiger partial charge in [-0.3, -0.25) is 20.0 Å². The Bertz CT molecular complexity index is 881. The zero-order chi connectivity index (χ0) is 17.1. The molecule has 2 N–H and O–H groups in total. The van der Waals surface area contributed by atoms with Gasteiger partial charge in [-0.15, -0.1) is 23.1 Å². The number of nitrogens with one attached hydrogen (secondary N) is 2. The minimum Gasteiger partial charge on any atom is -0.289 e. The number of carbonyl (C=O) groups is 1. The van der Waals surface area contributed by atoms with Gasteiger partial charge in [-0.25, -0.2) is 0 Å². The highest BCUT2D eigenvalue weighted by Crippen LogP contribution is 2.34. The SMILES string of the molecule is C[n+]1cc(NC(=O)CSc2sc(=N)c(C#N)c3c2CCCC3)on1. The molecule has 0 bridgehead atoms. The van der Waals surface area contributed by atoms with Gasteiger partial charge >= 0.3 is 5.88 Å². The van der Waals surface area contributed by atoms with E-state index in [0.29, 0.717) is 11.4 Å². The van der Waals surface area contributed by atoms with Gasteiger partial charge in [0.25, 0.3) is 6.20 Å². The minimum atomic E-state index is -0.190. The predicted octanol–water partition coefficient (Wildman–Crippen LogP) is 1.52. The van der Waals surface area contributed by atoms with E-state index in [1.807, 2.05) is 0 Å². The summed E-state index contributed by atoms with van der Waals surface area (Å²) in [6, 6.07) is 2.16. The van der Waals surface area contributed by atoms with Crippen LogP contribution < -0.4 is 14.7 Å². The third-order valence-electron chi connectivity index (χ3n) is 3.72. The third kappa shape index (κ3) is 3.49. The maximum atomic E-state index is 12.0. The Morgan fingerprint density at radius 2 is 2.29 bits per heavy atom. The van der Waals surface area contributed by atoms with Crippen molar-refractivity contribution in [1.29, 1.82) is 10.7 Å². The molecular weight excluding hydrogens is 346 g/mol. The highest BCUT2D eigenvalue weighted by atomic mass is 32.2. The molecule has 0 fully saturated rings. The summed E-state index contributed by atoms with van der Waals surface area (Å²) >= 11 is 2.69. The number of nitriles is 1. The van der Waals surface area contributed by atoms with Crippen LogP contribution in [0.5, 0.6) is 0 Å². The second-order valence-electron chi connectivity index (χ2n) is 5.45. The molecule has 0 spiro atoms. The molecule has 24 heavy (non-hydrogen) atoms. The molecule has 0 radical (unpaired) electrons. The summed E-state index contributed by atoms with van der Waals surface area (Å²) in [5, 5.41) is 23.7. The molecule has 124 valence electrons. The Hall–Kier alpha value is -2.18. The molecule has 3 rings (SSSR count). The van der Waals surface area contributed by atoms with E-state index in [4.69, 9.17) is 9.93 Å². The van der Waals surface area contributed by atoms with Crippen molar-refractivity contribution in [1.82, 2.24) is 5.27 Å². The molecule has 0 saturated carbocycles. The summed E-state index contributed by atoms with van der Waals surface area (Å²) in [5.74, 6) is 0.331. The highest BCUT2D eigenvalue weighted by molar-refractivity contribution is 8.01. The molecule has 1 amide bonds. The van der Waals surface area contributed by atoms with Crippen molar-refractivity contribution >= 4 is 34.9 Å². The van der Waals surface area contributed by atoms with Gasteiger partial charge < -0.3 is 0 Å². The van der Waals surface area contributed by atoms with Crippen LogP contribution in [0.2, 0.25) is 0 Å². The summed E-state index contributed by atoms with van der Waals surface area (Å²) in [4.78, 5) is 12.0. The molecule has 7 nitrogen and oxygen atoms in total. The molecule has 0 saturated heterocycles. The largest absolute Gasteiger partial charge is 0.302 e. The maximum Gasteiger partial charge on any atom is 0.302 e. The van der Waals surface area contributed by atoms with Gasteiger partial charge in [0.05, 0.1) is 15.5 Å². The van der Waals surface area contributed by atoms with Crippen LogP contribution in [-0.4, -0.2) is 16.9 Å². The van der Waals surface area contributed by atoms with Crippen molar-refractivity contribution in [3.63, 3.8) is 0 Å². The Morgan fingerprint density at radius 1 is 1.54 bits per heavy atom. The van der Waals surface area contributed by atoms with Gasteiger partial charge in [-0.1, -0.05) is 4.68 Å². The van der Waals surface area contributed by atoms with Crippen molar-refractivity contribution in [2.24, 2.45) is 7.05 Å². The lowest BCUT2D eigenvalue weighted by molar-refractivity contribution is -0.739. The average Bonchev–Trinajstić information content (AvgIpc) is 2.97. The van der Waals surface area contributed by atoms with Crippen LogP contribution >= 0.6 is 23.1 Å². The molecule has 0 unspecified atom stereocenters. The number of rotatable bonds is 4. The number of aromatic nitrogens is 2. The Labute approximate surface area is 146 Å². The number of anilines is 1. The lowest BCUT2D eigenvalue weighted by Crippen LogP contribution is -2.28. The summed E-state index contributed by atoms with van der Waals surface area (Å²) in [5.41, 5.74) is 2.64. The zero-order valence-electron chi connectivity index (χ0n) is 13.1. The lowest BCUT2D eigenvalue weighted by Gasteiger charge is -2.19. The van der Waals surface area contributed by atoms with E-state index in [1.54, 1.807) is 13.2 Å². The summed E-state index contributed by atoms with van der Waals surface area (Å²) in [7, 11) is 1.70. The molecule has 0 aliphatic heterocycles. The molecule has 9 heteroatoms. The van der Waals surface area contributed by atoms with Gasteiger partial charge in [0.1, 0.15) is 10.7 Å². The fourth-order valence-corrected chi connectivity index (χ4v) is 4.87. The van der Waals surface area contributed by atoms with Gasteiger partial charge in [0.2, 0.25) is 5.91 Å². The van der Waals surface area contributed by atoms with E-state index >= 15 is 0 Å². The fraction of sp³-hybridized carbons (Fsp3) is 0.400. The van der Waals surface area contributed by atoms with Crippen LogP contribution in [0.1, 0.15) is 29.5 Å². The number of amides is 1. The third-order valence-corrected chi connectivity index (χ3v) is 6.08. The molecule has 2 heterocycles. The zero-order valence-corrected chi connectivity index (χ0v) is 14.7. The number of hydrogen-bond donors (Lipinski definition) is 2. The summed E-state index contributed by atoms with van der Waals surface area (Å²) in [6.07, 6.45) is 5.45. The molecule has 0 aromatic carbocycles. The van der Waals surface area contributed by atoms with E-state index in [1.165, 1.54) is 27.8 Å². The van der Waals surface area contributed by atoms with E-state index in [0.717, 1.165) is 41.0 Å². The number of nitrogens with zero attached hydrogens (tertiary/aromatic N) is 3. The highest BCUT2D eigenvalue weighted by Gasteiger charge is 2.20. The first kappa shape index (κ1) is 16.7. The van der Waals surface area contributed by atoms with Crippen molar-refractivity contribution < 1.29 is 14.0 Å². The maximum absolute atomic E-state index is 12.0. The van der Waals surface area contributed by atoms with Crippen molar-refractivity contribution in [3.8, 4) is 6.07 Å². The molecular formula is C15H16N5O2S2+. The number of aryl methyl sites for hydroxylation is 1. The average molecular weight is 362 g/mol. The molecule has 0 atom stereocenters. The smallest absolute Gasteiger partial charge is 0.289 e. The lowest BCUT2D eigenvalue weighted by atomic mass is 9.91. The standard InChI is InChI=1S/C15H15N5O2S2/c1-20-7-13(22-19-20)18-12(21)8-23-15-10-5-3-2-4-9(10)11(6-16)14(17)24-15/h7,17H,2-5,8H2,1H3/p+1. The number of fused-ring (bicyclic) bond motifs is 1. The first-order valence-corrected chi connectivity index (χ1v) is 9.27. The van der Waals surface area contributed by atoms with Crippen LogP contribution in [-0.2, 0) is 24.7 Å². The Morgan fingerprint density at radius 3 is 2.96 bits per heavy atom. The van der Waals surface area contributed by atoms with E-state index < -0.39 is 0 Å². The second kappa shape index (κ2) is 7.15. The predicted molar refractivity (Wildman–Crippen MR) is 88.6 cm³/mol. The topological polar surface area (TPSA) is 107 Å². The van der Waals surface area contributed by atoms with E-state index in [9.17, 15) is 10.1 Å². The van der Waals surface area contributed by atoms with Crippen LogP contribution in [0.4, 0.5) is 5.88 Å². The normalized spacial score (nSPS) is 13.2. The van der Waals surface area contributed by atoms with Crippen LogP contribution in [0, 0.1) is 16.7 Å². The number of carbonyl (C=O) groups excluding carboxylic acids is 1. The van der Waals surface area contributed by atoms with Crippen molar-refractivity contribution in [2.45, 2.75) is 29.9 Å². The molecule has 1 aliphatic rings. The van der Waals surface area contributed by atoms with Gasteiger partial charge in [0, 0.05) is 0 Å². The first-order chi connectivity index (χ1) is 11.6. The molecule has 1 aliphatic carbocycles.